The van der Waals surface area contributed by atoms with Gasteiger partial charge in [0.2, 0.25) is 0 Å². The van der Waals surface area contributed by atoms with Crippen LogP contribution in [0.1, 0.15) is 0 Å². The van der Waals surface area contributed by atoms with Gasteiger partial charge in [0, 0.05) is 59.7 Å². The van der Waals surface area contributed by atoms with Crippen molar-refractivity contribution in [1.29, 1.82) is 0 Å². The van der Waals surface area contributed by atoms with Crippen LogP contribution in [0.4, 0.5) is 0 Å². The van der Waals surface area contributed by atoms with E-state index in [1.807, 2.05) is 54.6 Å². The van der Waals surface area contributed by atoms with Crippen molar-refractivity contribution in [1.82, 2.24) is 19.1 Å². The first kappa shape index (κ1) is 34.3. The van der Waals surface area contributed by atoms with Crippen molar-refractivity contribution in [2.24, 2.45) is 0 Å². The number of aromatic nitrogens is 4. The third-order valence-corrected chi connectivity index (χ3v) is 11.6. The van der Waals surface area contributed by atoms with E-state index in [-0.39, 0.29) is 0 Å². The molecular weight excluding hydrogens is 752 g/mol. The van der Waals surface area contributed by atoms with Gasteiger partial charge in [-0.05, 0) is 96.1 Å². The lowest BCUT2D eigenvalue weighted by molar-refractivity contribution is 1.16. The lowest BCUT2D eigenvalue weighted by Crippen LogP contribution is -1.98. The molecule has 0 atom stereocenters. The van der Waals surface area contributed by atoms with Crippen LogP contribution in [0.25, 0.3) is 100 Å². The zero-order valence-corrected chi connectivity index (χ0v) is 32.5. The fraction of sp³-hybridized carbons (Fsp3) is 0. The minimum absolute atomic E-state index is 0.628. The molecule has 0 fully saturated rings. The van der Waals surface area contributed by atoms with Crippen LogP contribution in [0.5, 0.6) is 0 Å². The van der Waals surface area contributed by atoms with Gasteiger partial charge in [-0.1, -0.05) is 132 Å². The molecule has 0 bridgehead atoms. The number of rotatable bonds is 6. The molecule has 0 amide bonds. The zero-order chi connectivity index (χ0) is 38.7. The smallest absolute Gasteiger partial charge is 0.160 e. The maximum absolute atomic E-state index is 6.28. The van der Waals surface area contributed by atoms with Crippen molar-refractivity contribution in [3.05, 3.63) is 204 Å². The van der Waals surface area contributed by atoms with Gasteiger partial charge in [0.05, 0.1) is 33.5 Å². The van der Waals surface area contributed by atoms with Crippen molar-refractivity contribution in [2.75, 3.05) is 0 Å². The molecular formula is C52H32Cl2N4. The Bertz CT molecular complexity index is 3280. The van der Waals surface area contributed by atoms with Crippen molar-refractivity contribution in [3.63, 3.8) is 0 Å². The van der Waals surface area contributed by atoms with E-state index in [9.17, 15) is 0 Å². The Morgan fingerprint density at radius 1 is 0.310 bits per heavy atom. The van der Waals surface area contributed by atoms with E-state index in [0.29, 0.717) is 15.9 Å². The molecule has 0 radical (unpaired) electrons. The SMILES string of the molecule is Clc1ccc(-c2cc(-c3ccc(Cl)cc3)nc(-c3cccc(-n4c5ccccc5c5ccc(-c6ccc7c(c6)c6ccccc6n7-c6ccccc6)cc54)c3)n2)cc1. The summed E-state index contributed by atoms with van der Waals surface area (Å²) in [6.45, 7) is 0. The van der Waals surface area contributed by atoms with Gasteiger partial charge >= 0.3 is 0 Å². The largest absolute Gasteiger partial charge is 0.309 e. The monoisotopic (exact) mass is 782 g/mol. The Hall–Kier alpha value is -6.98. The Kier molecular flexibility index (Phi) is 8.21. The van der Waals surface area contributed by atoms with Crippen LogP contribution in [-0.2, 0) is 0 Å². The van der Waals surface area contributed by atoms with Crippen LogP contribution in [0.3, 0.4) is 0 Å². The normalized spacial score (nSPS) is 11.6. The summed E-state index contributed by atoms with van der Waals surface area (Å²) < 4.78 is 4.72. The first-order valence-corrected chi connectivity index (χ1v) is 20.0. The summed E-state index contributed by atoms with van der Waals surface area (Å²) in [5, 5.41) is 6.20. The van der Waals surface area contributed by atoms with Crippen LogP contribution < -0.4 is 0 Å². The molecule has 3 aromatic heterocycles. The quantitative estimate of drug-likeness (QED) is 0.168. The van der Waals surface area contributed by atoms with E-state index < -0.39 is 0 Å². The highest BCUT2D eigenvalue weighted by Gasteiger charge is 2.18. The standard InChI is InChI=1S/C52H32Cl2N4/c53-38-23-17-33(18-24-38)46-32-47(34-19-25-39(54)26-20-34)56-52(55-46)37-9-8-12-41(29-37)58-48-15-6-4-13-42(48)44-27-21-36(31-51(44)58)35-22-28-50-45(30-35)43-14-5-7-16-49(43)57(50)40-10-2-1-3-11-40/h1-32H. The average Bonchev–Trinajstić information content (AvgIpc) is 3.79. The van der Waals surface area contributed by atoms with Gasteiger partial charge < -0.3 is 9.13 Å². The Morgan fingerprint density at radius 3 is 1.48 bits per heavy atom. The third kappa shape index (κ3) is 5.85. The van der Waals surface area contributed by atoms with Gasteiger partial charge in [-0.2, -0.15) is 0 Å². The van der Waals surface area contributed by atoms with Crippen molar-refractivity contribution in [2.45, 2.75) is 0 Å². The second kappa shape index (κ2) is 13.9. The molecule has 3 heterocycles. The Morgan fingerprint density at radius 2 is 0.810 bits per heavy atom. The molecule has 274 valence electrons. The summed E-state index contributed by atoms with van der Waals surface area (Å²) in [7, 11) is 0. The Balaban J connectivity index is 1.07. The Labute approximate surface area is 344 Å². The number of para-hydroxylation sites is 3. The summed E-state index contributed by atoms with van der Waals surface area (Å²) >= 11 is 12.6. The zero-order valence-electron chi connectivity index (χ0n) is 31.0. The minimum atomic E-state index is 0.628. The summed E-state index contributed by atoms with van der Waals surface area (Å²) in [5.74, 6) is 0.628. The molecule has 0 saturated carbocycles. The number of benzene rings is 8. The highest BCUT2D eigenvalue weighted by molar-refractivity contribution is 6.31. The number of halogens is 2. The molecule has 58 heavy (non-hydrogen) atoms. The molecule has 0 unspecified atom stereocenters. The molecule has 0 spiro atoms. The van der Waals surface area contributed by atoms with E-state index in [4.69, 9.17) is 33.2 Å². The van der Waals surface area contributed by atoms with E-state index in [1.165, 1.54) is 32.6 Å². The third-order valence-electron chi connectivity index (χ3n) is 11.1. The first-order valence-electron chi connectivity index (χ1n) is 19.2. The van der Waals surface area contributed by atoms with Crippen molar-refractivity contribution in [3.8, 4) is 56.4 Å². The second-order valence-electron chi connectivity index (χ2n) is 14.5. The molecule has 0 aliphatic heterocycles. The molecule has 0 N–H and O–H groups in total. The van der Waals surface area contributed by atoms with E-state index in [0.717, 1.165) is 61.6 Å². The number of hydrogen-bond acceptors (Lipinski definition) is 2. The predicted molar refractivity (Wildman–Crippen MR) is 242 cm³/mol. The molecule has 4 nitrogen and oxygen atoms in total. The predicted octanol–water partition coefficient (Wildman–Crippen LogP) is 14.6. The van der Waals surface area contributed by atoms with Gasteiger partial charge in [-0.15, -0.1) is 0 Å². The average molecular weight is 784 g/mol. The maximum atomic E-state index is 6.28. The first-order chi connectivity index (χ1) is 28.6. The summed E-state index contributed by atoms with van der Waals surface area (Å²) in [5.41, 5.74) is 13.6. The summed E-state index contributed by atoms with van der Waals surface area (Å²) in [4.78, 5) is 10.2. The van der Waals surface area contributed by atoms with E-state index in [1.54, 1.807) is 0 Å². The van der Waals surface area contributed by atoms with Crippen LogP contribution in [-0.4, -0.2) is 19.1 Å². The van der Waals surface area contributed by atoms with Gasteiger partial charge in [-0.25, -0.2) is 9.97 Å². The molecule has 0 saturated heterocycles. The van der Waals surface area contributed by atoms with Crippen molar-refractivity contribution >= 4 is 66.8 Å². The molecule has 6 heteroatoms. The molecule has 11 rings (SSSR count). The maximum Gasteiger partial charge on any atom is 0.160 e. The van der Waals surface area contributed by atoms with E-state index >= 15 is 0 Å². The van der Waals surface area contributed by atoms with E-state index in [2.05, 4.69) is 149 Å². The number of nitrogens with zero attached hydrogens (tertiary/aromatic N) is 4. The summed E-state index contributed by atoms with van der Waals surface area (Å²) in [6.07, 6.45) is 0. The molecule has 0 aliphatic carbocycles. The lowest BCUT2D eigenvalue weighted by atomic mass is 10.0. The highest BCUT2D eigenvalue weighted by atomic mass is 35.5. The second-order valence-corrected chi connectivity index (χ2v) is 15.4. The van der Waals surface area contributed by atoms with Crippen molar-refractivity contribution < 1.29 is 0 Å². The molecule has 0 aliphatic rings. The lowest BCUT2D eigenvalue weighted by Gasteiger charge is -2.13. The minimum Gasteiger partial charge on any atom is -0.309 e. The van der Waals surface area contributed by atoms with Gasteiger partial charge in [0.25, 0.3) is 0 Å². The van der Waals surface area contributed by atoms with Crippen LogP contribution in [0.2, 0.25) is 10.0 Å². The van der Waals surface area contributed by atoms with Crippen LogP contribution in [0, 0.1) is 0 Å². The fourth-order valence-electron chi connectivity index (χ4n) is 8.33. The van der Waals surface area contributed by atoms with Gasteiger partial charge in [-0.3, -0.25) is 0 Å². The molecule has 11 aromatic rings. The fourth-order valence-corrected chi connectivity index (χ4v) is 8.59. The highest BCUT2D eigenvalue weighted by Crippen LogP contribution is 2.39. The topological polar surface area (TPSA) is 35.6 Å². The number of hydrogen-bond donors (Lipinski definition) is 0. The number of fused-ring (bicyclic) bond motifs is 6. The summed E-state index contributed by atoms with van der Waals surface area (Å²) in [6, 6.07) is 67.6. The van der Waals surface area contributed by atoms with Gasteiger partial charge in [0.1, 0.15) is 0 Å². The van der Waals surface area contributed by atoms with Gasteiger partial charge in [0.15, 0.2) is 5.82 Å². The molecule has 8 aromatic carbocycles. The van der Waals surface area contributed by atoms with Crippen LogP contribution in [0.15, 0.2) is 194 Å². The van der Waals surface area contributed by atoms with Crippen LogP contribution >= 0.6 is 23.2 Å².